The second-order valence-corrected chi connectivity index (χ2v) is 6.31. The van der Waals surface area contributed by atoms with E-state index in [1.54, 1.807) is 0 Å². The second-order valence-electron chi connectivity index (χ2n) is 6.31. The smallest absolute Gasteiger partial charge is 0.0951 e. The molecule has 0 amide bonds. The van der Waals surface area contributed by atoms with Crippen LogP contribution in [0.15, 0.2) is 12.5 Å². The van der Waals surface area contributed by atoms with Gasteiger partial charge >= 0.3 is 0 Å². The monoisotopic (exact) mass is 247 g/mol. The Balaban J connectivity index is 1.72. The maximum atomic E-state index is 4.39. The lowest BCUT2D eigenvalue weighted by Crippen LogP contribution is -2.35. The van der Waals surface area contributed by atoms with E-state index in [-0.39, 0.29) is 0 Å². The van der Waals surface area contributed by atoms with Crippen molar-refractivity contribution < 1.29 is 0 Å². The lowest BCUT2D eigenvalue weighted by atomic mass is 9.97. The zero-order valence-corrected chi connectivity index (χ0v) is 11.6. The Morgan fingerprint density at radius 3 is 2.94 bits per heavy atom. The van der Waals surface area contributed by atoms with Crippen molar-refractivity contribution in [3.05, 3.63) is 18.2 Å². The number of hydrogen-bond donors (Lipinski definition) is 1. The molecule has 1 saturated carbocycles. The number of imidazole rings is 1. The minimum absolute atomic E-state index is 0.512. The van der Waals surface area contributed by atoms with Crippen LogP contribution in [-0.4, -0.2) is 15.6 Å². The predicted molar refractivity (Wildman–Crippen MR) is 73.5 cm³/mol. The molecule has 2 fully saturated rings. The van der Waals surface area contributed by atoms with Gasteiger partial charge in [-0.2, -0.15) is 0 Å². The first-order chi connectivity index (χ1) is 8.74. The molecule has 3 atom stereocenters. The van der Waals surface area contributed by atoms with Crippen molar-refractivity contribution in [3.8, 4) is 0 Å². The van der Waals surface area contributed by atoms with Gasteiger partial charge in [-0.15, -0.1) is 0 Å². The van der Waals surface area contributed by atoms with Gasteiger partial charge in [-0.05, 0) is 45.4 Å². The van der Waals surface area contributed by atoms with Crippen molar-refractivity contribution in [3.63, 3.8) is 0 Å². The summed E-state index contributed by atoms with van der Waals surface area (Å²) in [5.74, 6) is 0.980. The summed E-state index contributed by atoms with van der Waals surface area (Å²) in [6.07, 6.45) is 12.2. The van der Waals surface area contributed by atoms with E-state index in [9.17, 15) is 0 Å². The number of rotatable bonds is 4. The molecule has 100 valence electrons. The van der Waals surface area contributed by atoms with Crippen LogP contribution in [-0.2, 0) is 0 Å². The van der Waals surface area contributed by atoms with Crippen molar-refractivity contribution in [1.82, 2.24) is 14.9 Å². The van der Waals surface area contributed by atoms with Gasteiger partial charge in [0.1, 0.15) is 0 Å². The van der Waals surface area contributed by atoms with Gasteiger partial charge in [0.2, 0.25) is 0 Å². The van der Waals surface area contributed by atoms with E-state index in [1.165, 1.54) is 44.2 Å². The highest BCUT2D eigenvalue weighted by molar-refractivity contribution is 5.08. The summed E-state index contributed by atoms with van der Waals surface area (Å²) in [6, 6.07) is 1.76. The highest BCUT2D eigenvalue weighted by Crippen LogP contribution is 2.37. The van der Waals surface area contributed by atoms with Gasteiger partial charge in [0.25, 0.3) is 0 Å². The van der Waals surface area contributed by atoms with E-state index >= 15 is 0 Å². The summed E-state index contributed by atoms with van der Waals surface area (Å²) >= 11 is 0. The maximum absolute atomic E-state index is 4.39. The zero-order valence-electron chi connectivity index (χ0n) is 11.6. The Labute approximate surface area is 110 Å². The molecule has 1 aliphatic carbocycles. The fraction of sp³-hybridized carbons (Fsp3) is 0.800. The fourth-order valence-electron chi connectivity index (χ4n) is 3.27. The summed E-state index contributed by atoms with van der Waals surface area (Å²) in [5.41, 5.74) is 1.40. The molecule has 3 heteroatoms. The summed E-state index contributed by atoms with van der Waals surface area (Å²) in [6.45, 7) is 4.64. The van der Waals surface area contributed by atoms with Gasteiger partial charge in [-0.3, -0.25) is 0 Å². The minimum Gasteiger partial charge on any atom is -0.330 e. The van der Waals surface area contributed by atoms with Crippen LogP contribution in [0, 0.1) is 5.92 Å². The Kier molecular flexibility index (Phi) is 3.42. The van der Waals surface area contributed by atoms with Gasteiger partial charge < -0.3 is 9.88 Å². The molecule has 1 saturated heterocycles. The van der Waals surface area contributed by atoms with Crippen molar-refractivity contribution in [2.45, 2.75) is 70.5 Å². The number of aromatic nitrogens is 2. The van der Waals surface area contributed by atoms with Crippen molar-refractivity contribution in [2.24, 2.45) is 5.92 Å². The molecule has 1 aromatic heterocycles. The molecule has 0 radical (unpaired) electrons. The molecule has 1 aromatic rings. The first-order valence-electron chi connectivity index (χ1n) is 7.52. The molecule has 1 N–H and O–H groups in total. The van der Waals surface area contributed by atoms with Gasteiger partial charge in [-0.25, -0.2) is 4.98 Å². The first-order valence-corrected chi connectivity index (χ1v) is 7.52. The second kappa shape index (κ2) is 5.04. The van der Waals surface area contributed by atoms with Crippen molar-refractivity contribution >= 4 is 0 Å². The van der Waals surface area contributed by atoms with Crippen LogP contribution in [0.3, 0.4) is 0 Å². The molecular formula is C15H25N3. The fourth-order valence-corrected chi connectivity index (χ4v) is 3.27. The Hall–Kier alpha value is -0.830. The Morgan fingerprint density at radius 1 is 1.39 bits per heavy atom. The van der Waals surface area contributed by atoms with E-state index in [2.05, 4.69) is 34.9 Å². The molecule has 18 heavy (non-hydrogen) atoms. The van der Waals surface area contributed by atoms with Crippen LogP contribution in [0.2, 0.25) is 0 Å². The molecule has 0 aromatic carbocycles. The van der Waals surface area contributed by atoms with Crippen LogP contribution >= 0.6 is 0 Å². The summed E-state index contributed by atoms with van der Waals surface area (Å²) in [7, 11) is 0. The molecule has 3 unspecified atom stereocenters. The van der Waals surface area contributed by atoms with E-state index < -0.39 is 0 Å². The lowest BCUT2D eigenvalue weighted by molar-refractivity contribution is 0.321. The van der Waals surface area contributed by atoms with E-state index in [0.717, 1.165) is 5.92 Å². The SMILES string of the molecule is CC1CCCC(c2cncn2C(C)CC2CC2)N1. The standard InChI is InChI=1S/C15H25N3/c1-11-4-3-5-14(17-11)15-9-16-10-18(15)12(2)8-13-6-7-13/h9-14,17H,3-8H2,1-2H3. The van der Waals surface area contributed by atoms with Crippen LogP contribution in [0.4, 0.5) is 0 Å². The molecule has 1 aliphatic heterocycles. The third kappa shape index (κ3) is 2.61. The Bertz CT molecular complexity index is 394. The van der Waals surface area contributed by atoms with E-state index in [4.69, 9.17) is 0 Å². The molecular weight excluding hydrogens is 222 g/mol. The summed E-state index contributed by atoms with van der Waals surface area (Å²) in [5, 5.41) is 3.72. The van der Waals surface area contributed by atoms with Gasteiger partial charge in [0, 0.05) is 24.3 Å². The lowest BCUT2D eigenvalue weighted by Gasteiger charge is -2.30. The van der Waals surface area contributed by atoms with Crippen molar-refractivity contribution in [2.75, 3.05) is 0 Å². The molecule has 0 spiro atoms. The highest BCUT2D eigenvalue weighted by Gasteiger charge is 2.27. The molecule has 2 heterocycles. The largest absolute Gasteiger partial charge is 0.330 e. The topological polar surface area (TPSA) is 29.9 Å². The zero-order chi connectivity index (χ0) is 12.5. The highest BCUT2D eigenvalue weighted by atomic mass is 15.1. The van der Waals surface area contributed by atoms with Crippen LogP contribution in [0.1, 0.15) is 70.2 Å². The molecule has 2 aliphatic rings. The van der Waals surface area contributed by atoms with Gasteiger partial charge in [-0.1, -0.05) is 12.8 Å². The number of nitrogens with one attached hydrogen (secondary N) is 1. The third-order valence-corrected chi connectivity index (χ3v) is 4.51. The summed E-state index contributed by atoms with van der Waals surface area (Å²) in [4.78, 5) is 4.39. The average Bonchev–Trinajstić information content (AvgIpc) is 3.03. The van der Waals surface area contributed by atoms with E-state index in [1.807, 2.05) is 6.33 Å². The Morgan fingerprint density at radius 2 is 2.22 bits per heavy atom. The van der Waals surface area contributed by atoms with Crippen LogP contribution < -0.4 is 5.32 Å². The average molecular weight is 247 g/mol. The predicted octanol–water partition coefficient (Wildman–Crippen LogP) is 3.45. The maximum Gasteiger partial charge on any atom is 0.0951 e. The van der Waals surface area contributed by atoms with Crippen LogP contribution in [0.25, 0.3) is 0 Å². The quantitative estimate of drug-likeness (QED) is 0.883. The molecule has 0 bridgehead atoms. The van der Waals surface area contributed by atoms with Gasteiger partial charge in [0.05, 0.1) is 12.0 Å². The normalized spacial score (nSPS) is 30.3. The number of nitrogens with zero attached hydrogens (tertiary/aromatic N) is 2. The first kappa shape index (κ1) is 12.2. The molecule has 3 nitrogen and oxygen atoms in total. The number of hydrogen-bond acceptors (Lipinski definition) is 2. The van der Waals surface area contributed by atoms with Crippen molar-refractivity contribution in [1.29, 1.82) is 0 Å². The minimum atomic E-state index is 0.512. The number of piperidine rings is 1. The molecule has 3 rings (SSSR count). The van der Waals surface area contributed by atoms with E-state index in [0.29, 0.717) is 18.1 Å². The van der Waals surface area contributed by atoms with Crippen LogP contribution in [0.5, 0.6) is 0 Å². The van der Waals surface area contributed by atoms with Gasteiger partial charge in [0.15, 0.2) is 0 Å². The third-order valence-electron chi connectivity index (χ3n) is 4.51. The summed E-state index contributed by atoms with van der Waals surface area (Å²) < 4.78 is 2.41.